The first-order valence-corrected chi connectivity index (χ1v) is 8.53. The number of carbonyl (C=O) groups excluding carboxylic acids is 1. The number of hydrogen-bond donors (Lipinski definition) is 1. The summed E-state index contributed by atoms with van der Waals surface area (Å²) in [7, 11) is 7.78. The fourth-order valence-corrected chi connectivity index (χ4v) is 2.61. The van der Waals surface area contributed by atoms with E-state index < -0.39 is 0 Å². The van der Waals surface area contributed by atoms with Crippen molar-refractivity contribution in [2.24, 2.45) is 0 Å². The SMILES string of the molecule is COc1ccc(C=CC(=O)NCc2cc(OC)c(OC)c(OC)c2)cc1OC. The summed E-state index contributed by atoms with van der Waals surface area (Å²) in [5, 5.41) is 2.83. The van der Waals surface area contributed by atoms with E-state index in [1.54, 1.807) is 65.9 Å². The molecule has 150 valence electrons. The molecule has 0 aliphatic heterocycles. The summed E-state index contributed by atoms with van der Waals surface area (Å²) >= 11 is 0. The molecule has 0 saturated heterocycles. The van der Waals surface area contributed by atoms with Crippen molar-refractivity contribution in [2.45, 2.75) is 6.54 Å². The number of nitrogens with one attached hydrogen (secondary N) is 1. The van der Waals surface area contributed by atoms with E-state index in [0.29, 0.717) is 35.3 Å². The van der Waals surface area contributed by atoms with Crippen LogP contribution in [0.3, 0.4) is 0 Å². The Kier molecular flexibility index (Phi) is 7.56. The van der Waals surface area contributed by atoms with Gasteiger partial charge in [-0.25, -0.2) is 0 Å². The number of ether oxygens (including phenoxy) is 5. The van der Waals surface area contributed by atoms with Crippen LogP contribution in [0, 0.1) is 0 Å². The molecule has 2 aromatic rings. The molecular formula is C21H25NO6. The Bertz CT molecular complexity index is 822. The Balaban J connectivity index is 2.05. The molecule has 0 aliphatic rings. The summed E-state index contributed by atoms with van der Waals surface area (Å²) in [6, 6.07) is 9.00. The fourth-order valence-electron chi connectivity index (χ4n) is 2.61. The highest BCUT2D eigenvalue weighted by Gasteiger charge is 2.13. The summed E-state index contributed by atoms with van der Waals surface area (Å²) < 4.78 is 26.4. The lowest BCUT2D eigenvalue weighted by molar-refractivity contribution is -0.116. The number of rotatable bonds is 9. The van der Waals surface area contributed by atoms with Crippen molar-refractivity contribution in [2.75, 3.05) is 35.5 Å². The second-order valence-corrected chi connectivity index (χ2v) is 5.70. The number of amides is 1. The van der Waals surface area contributed by atoms with Crippen molar-refractivity contribution in [3.05, 3.63) is 47.5 Å². The van der Waals surface area contributed by atoms with Crippen molar-refractivity contribution >= 4 is 12.0 Å². The second-order valence-electron chi connectivity index (χ2n) is 5.70. The fraction of sp³-hybridized carbons (Fsp3) is 0.286. The minimum absolute atomic E-state index is 0.233. The lowest BCUT2D eigenvalue weighted by atomic mass is 10.1. The highest BCUT2D eigenvalue weighted by atomic mass is 16.5. The van der Waals surface area contributed by atoms with Crippen LogP contribution >= 0.6 is 0 Å². The van der Waals surface area contributed by atoms with Crippen LogP contribution in [0.25, 0.3) is 6.08 Å². The number of benzene rings is 2. The summed E-state index contributed by atoms with van der Waals surface area (Å²) in [6.45, 7) is 0.311. The maximum absolute atomic E-state index is 12.2. The van der Waals surface area contributed by atoms with Gasteiger partial charge in [-0.3, -0.25) is 4.79 Å². The average Bonchev–Trinajstić information content (AvgIpc) is 2.74. The molecule has 0 radical (unpaired) electrons. The van der Waals surface area contributed by atoms with Crippen molar-refractivity contribution < 1.29 is 28.5 Å². The monoisotopic (exact) mass is 387 g/mol. The van der Waals surface area contributed by atoms with E-state index in [2.05, 4.69) is 5.32 Å². The Morgan fingerprint density at radius 2 is 1.43 bits per heavy atom. The van der Waals surface area contributed by atoms with Gasteiger partial charge in [0.2, 0.25) is 11.7 Å². The van der Waals surface area contributed by atoms with Gasteiger partial charge in [0.15, 0.2) is 23.0 Å². The first-order chi connectivity index (χ1) is 13.6. The van der Waals surface area contributed by atoms with Crippen LogP contribution in [0.5, 0.6) is 28.7 Å². The van der Waals surface area contributed by atoms with Gasteiger partial charge in [-0.15, -0.1) is 0 Å². The van der Waals surface area contributed by atoms with E-state index in [4.69, 9.17) is 23.7 Å². The summed E-state index contributed by atoms with van der Waals surface area (Å²) in [6.07, 6.45) is 3.16. The molecule has 0 bridgehead atoms. The van der Waals surface area contributed by atoms with E-state index in [9.17, 15) is 4.79 Å². The van der Waals surface area contributed by atoms with Crippen molar-refractivity contribution in [1.29, 1.82) is 0 Å². The highest BCUT2D eigenvalue weighted by molar-refractivity contribution is 5.91. The van der Waals surface area contributed by atoms with Gasteiger partial charge in [0.05, 0.1) is 35.5 Å². The maximum atomic E-state index is 12.2. The molecule has 7 heteroatoms. The quantitative estimate of drug-likeness (QED) is 0.667. The Morgan fingerprint density at radius 3 is 1.96 bits per heavy atom. The van der Waals surface area contributed by atoms with Gasteiger partial charge < -0.3 is 29.0 Å². The molecular weight excluding hydrogens is 362 g/mol. The molecule has 0 unspecified atom stereocenters. The lowest BCUT2D eigenvalue weighted by Gasteiger charge is -2.14. The Hall–Kier alpha value is -3.35. The zero-order chi connectivity index (χ0) is 20.5. The molecule has 2 rings (SSSR count). The Labute approximate surface area is 164 Å². The zero-order valence-electron chi connectivity index (χ0n) is 16.7. The second kappa shape index (κ2) is 10.1. The first kappa shape index (κ1) is 21.0. The first-order valence-electron chi connectivity index (χ1n) is 8.53. The van der Waals surface area contributed by atoms with Crippen LogP contribution in [-0.2, 0) is 11.3 Å². The molecule has 0 atom stereocenters. The lowest BCUT2D eigenvalue weighted by Crippen LogP contribution is -2.20. The Morgan fingerprint density at radius 1 is 0.821 bits per heavy atom. The predicted octanol–water partition coefficient (Wildman–Crippen LogP) is 3.06. The molecule has 0 aromatic heterocycles. The van der Waals surface area contributed by atoms with Gasteiger partial charge in [0.1, 0.15) is 0 Å². The molecule has 1 N–H and O–H groups in total. The van der Waals surface area contributed by atoms with Crippen LogP contribution in [0.4, 0.5) is 0 Å². The molecule has 0 saturated carbocycles. The maximum Gasteiger partial charge on any atom is 0.244 e. The van der Waals surface area contributed by atoms with Crippen molar-refractivity contribution in [3.8, 4) is 28.7 Å². The molecule has 0 spiro atoms. The van der Waals surface area contributed by atoms with Gasteiger partial charge in [-0.1, -0.05) is 6.07 Å². The molecule has 28 heavy (non-hydrogen) atoms. The molecule has 7 nitrogen and oxygen atoms in total. The van der Waals surface area contributed by atoms with E-state index in [-0.39, 0.29) is 5.91 Å². The normalized spacial score (nSPS) is 10.5. The zero-order valence-corrected chi connectivity index (χ0v) is 16.7. The van der Waals surface area contributed by atoms with Crippen LogP contribution in [-0.4, -0.2) is 41.5 Å². The summed E-state index contributed by atoms with van der Waals surface area (Å²) in [5.41, 5.74) is 1.64. The molecule has 0 aliphatic carbocycles. The predicted molar refractivity (Wildman–Crippen MR) is 107 cm³/mol. The summed E-state index contributed by atoms with van der Waals surface area (Å²) in [4.78, 5) is 12.2. The third kappa shape index (κ3) is 5.09. The summed E-state index contributed by atoms with van der Waals surface area (Å²) in [5.74, 6) is 2.57. The van der Waals surface area contributed by atoms with Crippen LogP contribution < -0.4 is 29.0 Å². The third-order valence-electron chi connectivity index (χ3n) is 4.03. The molecule has 1 amide bonds. The van der Waals surface area contributed by atoms with Gasteiger partial charge in [-0.2, -0.15) is 0 Å². The van der Waals surface area contributed by atoms with E-state index in [1.807, 2.05) is 6.07 Å². The highest BCUT2D eigenvalue weighted by Crippen LogP contribution is 2.38. The van der Waals surface area contributed by atoms with Gasteiger partial charge >= 0.3 is 0 Å². The van der Waals surface area contributed by atoms with E-state index in [1.165, 1.54) is 6.08 Å². The van der Waals surface area contributed by atoms with Gasteiger partial charge in [0, 0.05) is 12.6 Å². The van der Waals surface area contributed by atoms with Crippen LogP contribution in [0.15, 0.2) is 36.4 Å². The van der Waals surface area contributed by atoms with Gasteiger partial charge in [-0.05, 0) is 41.5 Å². The van der Waals surface area contributed by atoms with E-state index in [0.717, 1.165) is 11.1 Å². The minimum Gasteiger partial charge on any atom is -0.493 e. The van der Waals surface area contributed by atoms with Crippen LogP contribution in [0.1, 0.15) is 11.1 Å². The standard InChI is InChI=1S/C21H25NO6/c1-24-16-8-6-14(10-17(16)25-2)7-9-20(23)22-13-15-11-18(26-3)21(28-5)19(12-15)27-4/h6-12H,13H2,1-5H3,(H,22,23). The van der Waals surface area contributed by atoms with Crippen molar-refractivity contribution in [1.82, 2.24) is 5.32 Å². The minimum atomic E-state index is -0.233. The third-order valence-corrected chi connectivity index (χ3v) is 4.03. The smallest absolute Gasteiger partial charge is 0.244 e. The van der Waals surface area contributed by atoms with Crippen molar-refractivity contribution in [3.63, 3.8) is 0 Å². The number of hydrogen-bond acceptors (Lipinski definition) is 6. The molecule has 2 aromatic carbocycles. The molecule has 0 heterocycles. The number of carbonyl (C=O) groups is 1. The average molecular weight is 387 g/mol. The number of methoxy groups -OCH3 is 5. The largest absolute Gasteiger partial charge is 0.493 e. The van der Waals surface area contributed by atoms with Crippen LogP contribution in [0.2, 0.25) is 0 Å². The topological polar surface area (TPSA) is 75.3 Å². The van der Waals surface area contributed by atoms with E-state index >= 15 is 0 Å². The van der Waals surface area contributed by atoms with Gasteiger partial charge in [0.25, 0.3) is 0 Å². The molecule has 0 fully saturated rings.